The Hall–Kier alpha value is -0.770. The summed E-state index contributed by atoms with van der Waals surface area (Å²) in [6.07, 6.45) is 1.43. The van der Waals surface area contributed by atoms with Crippen LogP contribution >= 0.6 is 23.2 Å². The summed E-state index contributed by atoms with van der Waals surface area (Å²) >= 11 is 11.9. The average Bonchev–Trinajstić information content (AvgIpc) is 2.71. The van der Waals surface area contributed by atoms with Crippen LogP contribution in [0, 0.1) is 5.92 Å². The molecule has 1 aromatic carbocycles. The Morgan fingerprint density at radius 1 is 1.47 bits per heavy atom. The summed E-state index contributed by atoms with van der Waals surface area (Å²) in [6, 6.07) is 5.01. The zero-order valence-corrected chi connectivity index (χ0v) is 10.7. The highest BCUT2D eigenvalue weighted by atomic mass is 35.5. The zero-order valence-electron chi connectivity index (χ0n) is 9.16. The van der Waals surface area contributed by atoms with Crippen LogP contribution in [0.5, 0.6) is 0 Å². The van der Waals surface area contributed by atoms with E-state index in [0.717, 1.165) is 18.5 Å². The van der Waals surface area contributed by atoms with Crippen LogP contribution in [0.2, 0.25) is 10.0 Å². The molecule has 2 atom stereocenters. The van der Waals surface area contributed by atoms with Gasteiger partial charge in [-0.2, -0.15) is 0 Å². The van der Waals surface area contributed by atoms with Crippen LogP contribution in [0.3, 0.4) is 0 Å². The SMILES string of the molecule is O=C([O-])[C@@H]1C[C@@H](Cc2ccc(Cl)cc2Cl)C[NH2+]1. The quantitative estimate of drug-likeness (QED) is 0.858. The topological polar surface area (TPSA) is 56.7 Å². The van der Waals surface area contributed by atoms with E-state index >= 15 is 0 Å². The molecule has 1 heterocycles. The first-order chi connectivity index (χ1) is 8.06. The molecule has 2 N–H and O–H groups in total. The van der Waals surface area contributed by atoms with Gasteiger partial charge >= 0.3 is 0 Å². The summed E-state index contributed by atoms with van der Waals surface area (Å²) in [5.74, 6) is -0.647. The molecule has 92 valence electrons. The number of carboxylic acids is 1. The Balaban J connectivity index is 2.00. The minimum atomic E-state index is -0.977. The average molecular weight is 274 g/mol. The second-order valence-corrected chi connectivity index (χ2v) is 5.28. The molecule has 0 spiro atoms. The molecule has 3 nitrogen and oxygen atoms in total. The fourth-order valence-corrected chi connectivity index (χ4v) is 2.75. The van der Waals surface area contributed by atoms with Gasteiger partial charge in [-0.25, -0.2) is 0 Å². The van der Waals surface area contributed by atoms with E-state index in [9.17, 15) is 9.90 Å². The van der Waals surface area contributed by atoms with Gasteiger partial charge in [0.15, 0.2) is 0 Å². The third kappa shape index (κ3) is 3.12. The molecule has 0 radical (unpaired) electrons. The third-order valence-corrected chi connectivity index (χ3v) is 3.75. The smallest absolute Gasteiger partial charge is 0.127 e. The molecule has 1 saturated heterocycles. The van der Waals surface area contributed by atoms with E-state index in [-0.39, 0.29) is 0 Å². The molecule has 0 aromatic heterocycles. The summed E-state index contributed by atoms with van der Waals surface area (Å²) in [7, 11) is 0. The second-order valence-electron chi connectivity index (χ2n) is 4.44. The fraction of sp³-hybridized carbons (Fsp3) is 0.417. The van der Waals surface area contributed by atoms with Gasteiger partial charge in [0.05, 0.1) is 12.5 Å². The van der Waals surface area contributed by atoms with Crippen molar-refractivity contribution in [3.05, 3.63) is 33.8 Å². The molecular formula is C12H13Cl2NO2. The maximum atomic E-state index is 10.7. The summed E-state index contributed by atoms with van der Waals surface area (Å²) in [6.45, 7) is 0.803. The molecule has 5 heteroatoms. The summed E-state index contributed by atoms with van der Waals surface area (Å²) in [5, 5.41) is 13.8. The monoisotopic (exact) mass is 273 g/mol. The molecule has 2 rings (SSSR count). The van der Waals surface area contributed by atoms with Crippen molar-refractivity contribution in [3.63, 3.8) is 0 Å². The van der Waals surface area contributed by atoms with Crippen molar-refractivity contribution in [1.29, 1.82) is 0 Å². The minimum absolute atomic E-state index is 0.330. The van der Waals surface area contributed by atoms with E-state index in [0.29, 0.717) is 22.4 Å². The number of aliphatic carboxylic acids is 1. The van der Waals surface area contributed by atoms with Gasteiger partial charge in [0.25, 0.3) is 0 Å². The molecule has 17 heavy (non-hydrogen) atoms. The Labute approximate surface area is 110 Å². The van der Waals surface area contributed by atoms with Gasteiger partial charge in [0.1, 0.15) is 6.04 Å². The van der Waals surface area contributed by atoms with Gasteiger partial charge in [0.2, 0.25) is 0 Å². The van der Waals surface area contributed by atoms with Gasteiger partial charge in [-0.1, -0.05) is 29.3 Å². The summed E-state index contributed by atoms with van der Waals surface area (Å²) in [5.41, 5.74) is 1.02. The molecule has 1 aromatic rings. The molecule has 1 fully saturated rings. The van der Waals surface area contributed by atoms with Crippen molar-refractivity contribution in [1.82, 2.24) is 0 Å². The van der Waals surface area contributed by atoms with E-state index in [2.05, 4.69) is 0 Å². The normalized spacial score (nSPS) is 23.9. The van der Waals surface area contributed by atoms with E-state index < -0.39 is 12.0 Å². The van der Waals surface area contributed by atoms with Crippen molar-refractivity contribution >= 4 is 29.2 Å². The maximum absolute atomic E-state index is 10.7. The molecule has 1 aliphatic rings. The van der Waals surface area contributed by atoms with Crippen LogP contribution < -0.4 is 10.4 Å². The van der Waals surface area contributed by atoms with Crippen LogP contribution in [0.15, 0.2) is 18.2 Å². The van der Waals surface area contributed by atoms with Gasteiger partial charge < -0.3 is 15.2 Å². The lowest BCUT2D eigenvalue weighted by Crippen LogP contribution is -2.90. The highest BCUT2D eigenvalue weighted by molar-refractivity contribution is 6.35. The van der Waals surface area contributed by atoms with Gasteiger partial charge in [-0.05, 0) is 24.1 Å². The Kier molecular flexibility index (Phi) is 3.92. The Morgan fingerprint density at radius 3 is 2.82 bits per heavy atom. The number of carboxylic acid groups (broad SMARTS) is 1. The molecule has 0 bridgehead atoms. The predicted molar refractivity (Wildman–Crippen MR) is 63.9 cm³/mol. The largest absolute Gasteiger partial charge is 0.544 e. The van der Waals surface area contributed by atoms with Crippen LogP contribution in [0.4, 0.5) is 0 Å². The number of nitrogens with two attached hydrogens (primary N) is 1. The molecule has 0 saturated carbocycles. The van der Waals surface area contributed by atoms with Crippen molar-refractivity contribution < 1.29 is 15.2 Å². The van der Waals surface area contributed by atoms with Crippen molar-refractivity contribution in [3.8, 4) is 0 Å². The number of hydrogen-bond donors (Lipinski definition) is 1. The van der Waals surface area contributed by atoms with Crippen LogP contribution in [-0.4, -0.2) is 18.6 Å². The lowest BCUT2D eigenvalue weighted by atomic mass is 9.97. The molecule has 1 aliphatic heterocycles. The van der Waals surface area contributed by atoms with E-state index in [1.165, 1.54) is 0 Å². The number of hydrogen-bond acceptors (Lipinski definition) is 2. The number of halogens is 2. The standard InChI is InChI=1S/C12H13Cl2NO2/c13-9-2-1-8(10(14)5-9)3-7-4-11(12(16)17)15-6-7/h1-2,5,7,11,15H,3-4,6H2,(H,16,17)/t7-,11+/m1/s1. The first-order valence-corrected chi connectivity index (χ1v) is 6.30. The highest BCUT2D eigenvalue weighted by Crippen LogP contribution is 2.25. The fourth-order valence-electron chi connectivity index (χ4n) is 2.27. The molecule has 0 amide bonds. The Morgan fingerprint density at radius 2 is 2.24 bits per heavy atom. The lowest BCUT2D eigenvalue weighted by Gasteiger charge is -2.09. The van der Waals surface area contributed by atoms with E-state index in [1.807, 2.05) is 11.4 Å². The number of rotatable bonds is 3. The number of carbonyl (C=O) groups is 1. The van der Waals surface area contributed by atoms with Gasteiger partial charge in [-0.15, -0.1) is 0 Å². The van der Waals surface area contributed by atoms with Crippen LogP contribution in [0.1, 0.15) is 12.0 Å². The molecular weight excluding hydrogens is 261 g/mol. The highest BCUT2D eigenvalue weighted by Gasteiger charge is 2.29. The van der Waals surface area contributed by atoms with Crippen LogP contribution in [-0.2, 0) is 11.2 Å². The van der Waals surface area contributed by atoms with Crippen LogP contribution in [0.25, 0.3) is 0 Å². The zero-order chi connectivity index (χ0) is 12.4. The first kappa shape index (κ1) is 12.7. The van der Waals surface area contributed by atoms with Crippen molar-refractivity contribution in [2.24, 2.45) is 5.92 Å². The number of carbonyl (C=O) groups excluding carboxylic acids is 1. The van der Waals surface area contributed by atoms with Crippen molar-refractivity contribution in [2.45, 2.75) is 18.9 Å². The van der Waals surface area contributed by atoms with Crippen molar-refractivity contribution in [2.75, 3.05) is 6.54 Å². The predicted octanol–water partition coefficient (Wildman–Crippen LogP) is 0.238. The summed E-state index contributed by atoms with van der Waals surface area (Å²) in [4.78, 5) is 10.7. The first-order valence-electron chi connectivity index (χ1n) is 5.54. The van der Waals surface area contributed by atoms with Gasteiger partial charge in [0, 0.05) is 22.4 Å². The second kappa shape index (κ2) is 5.25. The lowest BCUT2D eigenvalue weighted by molar-refractivity contribution is -0.666. The minimum Gasteiger partial charge on any atom is -0.544 e. The summed E-state index contributed by atoms with van der Waals surface area (Å²) < 4.78 is 0. The van der Waals surface area contributed by atoms with E-state index in [4.69, 9.17) is 23.2 Å². The molecule has 0 unspecified atom stereocenters. The maximum Gasteiger partial charge on any atom is 0.127 e. The molecule has 0 aliphatic carbocycles. The number of benzene rings is 1. The number of quaternary nitrogens is 1. The van der Waals surface area contributed by atoms with E-state index in [1.54, 1.807) is 12.1 Å². The Bertz CT molecular complexity index is 437. The third-order valence-electron chi connectivity index (χ3n) is 3.17. The van der Waals surface area contributed by atoms with Gasteiger partial charge in [-0.3, -0.25) is 0 Å².